The molecule has 18 heavy (non-hydrogen) atoms. The maximum atomic E-state index is 3.45. The van der Waals surface area contributed by atoms with Crippen molar-refractivity contribution in [3.63, 3.8) is 0 Å². The van der Waals surface area contributed by atoms with Gasteiger partial charge in [0.25, 0.3) is 0 Å². The number of fused-ring (bicyclic) bond motifs is 1. The molecule has 2 heteroatoms. The first kappa shape index (κ1) is 11.1. The van der Waals surface area contributed by atoms with Crippen LogP contribution in [0.2, 0.25) is 0 Å². The second-order valence-corrected chi connectivity index (χ2v) is 4.79. The van der Waals surface area contributed by atoms with Gasteiger partial charge in [-0.25, -0.2) is 0 Å². The highest BCUT2D eigenvalue weighted by Gasteiger charge is 2.16. The van der Waals surface area contributed by atoms with Crippen molar-refractivity contribution < 1.29 is 0 Å². The van der Waals surface area contributed by atoms with Crippen LogP contribution in [0.5, 0.6) is 0 Å². The predicted molar refractivity (Wildman–Crippen MR) is 77.2 cm³/mol. The monoisotopic (exact) mass is 238 g/mol. The minimum atomic E-state index is 0.991. The lowest BCUT2D eigenvalue weighted by Crippen LogP contribution is -2.33. The summed E-state index contributed by atoms with van der Waals surface area (Å²) in [6, 6.07) is 17.2. The molecule has 0 saturated carbocycles. The molecule has 0 radical (unpaired) electrons. The van der Waals surface area contributed by atoms with E-state index in [2.05, 4.69) is 65.7 Å². The highest BCUT2D eigenvalue weighted by molar-refractivity contribution is 5.72. The van der Waals surface area contributed by atoms with Crippen LogP contribution in [0, 0.1) is 6.92 Å². The summed E-state index contributed by atoms with van der Waals surface area (Å²) in [7, 11) is 0. The van der Waals surface area contributed by atoms with Crippen LogP contribution >= 0.6 is 0 Å². The molecule has 0 atom stereocenters. The van der Waals surface area contributed by atoms with Gasteiger partial charge in [0.1, 0.15) is 0 Å². The lowest BCUT2D eigenvalue weighted by atomic mass is 10.1. The third-order valence-electron chi connectivity index (χ3n) is 3.56. The summed E-state index contributed by atoms with van der Waals surface area (Å²) >= 11 is 0. The van der Waals surface area contributed by atoms with E-state index in [1.54, 1.807) is 0 Å². The van der Waals surface area contributed by atoms with Crippen molar-refractivity contribution in [2.45, 2.75) is 13.5 Å². The van der Waals surface area contributed by atoms with Gasteiger partial charge in [-0.05, 0) is 30.2 Å². The van der Waals surface area contributed by atoms with Gasteiger partial charge in [0.15, 0.2) is 0 Å². The van der Waals surface area contributed by atoms with Crippen molar-refractivity contribution >= 4 is 11.4 Å². The van der Waals surface area contributed by atoms with Gasteiger partial charge in [-0.3, -0.25) is 0 Å². The fourth-order valence-corrected chi connectivity index (χ4v) is 2.50. The summed E-state index contributed by atoms with van der Waals surface area (Å²) in [4.78, 5) is 2.45. The highest BCUT2D eigenvalue weighted by atomic mass is 15.2. The molecule has 0 aliphatic carbocycles. The lowest BCUT2D eigenvalue weighted by molar-refractivity contribution is 0.784. The van der Waals surface area contributed by atoms with Crippen LogP contribution in [0.1, 0.15) is 11.1 Å². The third kappa shape index (κ3) is 2.06. The van der Waals surface area contributed by atoms with Gasteiger partial charge in [-0.1, -0.05) is 36.4 Å². The Morgan fingerprint density at radius 2 is 1.83 bits per heavy atom. The Kier molecular flexibility index (Phi) is 2.93. The van der Waals surface area contributed by atoms with Gasteiger partial charge < -0.3 is 10.2 Å². The lowest BCUT2D eigenvalue weighted by Gasteiger charge is -2.32. The average molecular weight is 238 g/mol. The van der Waals surface area contributed by atoms with Crippen LogP contribution in [-0.4, -0.2) is 13.1 Å². The molecule has 0 aromatic heterocycles. The van der Waals surface area contributed by atoms with Crippen molar-refractivity contribution in [3.8, 4) is 0 Å². The largest absolute Gasteiger partial charge is 0.382 e. The summed E-state index contributed by atoms with van der Waals surface area (Å²) in [5, 5.41) is 3.45. The Morgan fingerprint density at radius 1 is 1.06 bits per heavy atom. The van der Waals surface area contributed by atoms with Crippen molar-refractivity contribution in [3.05, 3.63) is 59.7 Å². The maximum absolute atomic E-state index is 3.45. The van der Waals surface area contributed by atoms with E-state index in [0.29, 0.717) is 0 Å². The van der Waals surface area contributed by atoms with E-state index in [1.165, 1.54) is 22.5 Å². The molecule has 0 bridgehead atoms. The molecule has 0 amide bonds. The first-order chi connectivity index (χ1) is 8.84. The fraction of sp³-hybridized carbons (Fsp3) is 0.250. The topological polar surface area (TPSA) is 15.3 Å². The van der Waals surface area contributed by atoms with E-state index in [1.807, 2.05) is 0 Å². The van der Waals surface area contributed by atoms with Crippen LogP contribution < -0.4 is 10.2 Å². The number of nitrogens with one attached hydrogen (secondary N) is 1. The number of nitrogens with zero attached hydrogens (tertiary/aromatic N) is 1. The standard InChI is InChI=1S/C16H18N2/c1-13-6-2-3-7-14(13)12-18-11-10-17-15-8-4-5-9-16(15)18/h2-9,17H,10-12H2,1H3. The van der Waals surface area contributed by atoms with Crippen LogP contribution in [0.4, 0.5) is 11.4 Å². The number of anilines is 2. The number of aryl methyl sites for hydroxylation is 1. The summed E-state index contributed by atoms with van der Waals surface area (Å²) in [5.41, 5.74) is 5.34. The van der Waals surface area contributed by atoms with Crippen LogP contribution in [0.25, 0.3) is 0 Å². The van der Waals surface area contributed by atoms with Crippen LogP contribution in [0.15, 0.2) is 48.5 Å². The number of hydrogen-bond donors (Lipinski definition) is 1. The Hall–Kier alpha value is -1.96. The zero-order valence-corrected chi connectivity index (χ0v) is 10.7. The molecule has 1 N–H and O–H groups in total. The summed E-state index contributed by atoms with van der Waals surface area (Å²) < 4.78 is 0. The number of para-hydroxylation sites is 2. The van der Waals surface area contributed by atoms with Gasteiger partial charge in [0, 0.05) is 19.6 Å². The molecule has 2 aromatic carbocycles. The van der Waals surface area contributed by atoms with E-state index >= 15 is 0 Å². The van der Waals surface area contributed by atoms with Crippen LogP contribution in [-0.2, 0) is 6.54 Å². The van der Waals surface area contributed by atoms with Gasteiger partial charge in [0.05, 0.1) is 11.4 Å². The number of rotatable bonds is 2. The normalized spacial score (nSPS) is 13.9. The smallest absolute Gasteiger partial charge is 0.0605 e. The first-order valence-electron chi connectivity index (χ1n) is 6.47. The van der Waals surface area contributed by atoms with Crippen molar-refractivity contribution in [2.24, 2.45) is 0 Å². The Balaban J connectivity index is 1.89. The summed E-state index contributed by atoms with van der Waals surface area (Å²) in [6.45, 7) is 5.25. The minimum absolute atomic E-state index is 0.991. The molecule has 2 aromatic rings. The molecule has 92 valence electrons. The molecule has 0 spiro atoms. The third-order valence-corrected chi connectivity index (χ3v) is 3.56. The Bertz CT molecular complexity index is 548. The van der Waals surface area contributed by atoms with Crippen molar-refractivity contribution in [2.75, 3.05) is 23.3 Å². The van der Waals surface area contributed by atoms with E-state index in [4.69, 9.17) is 0 Å². The molecule has 0 saturated heterocycles. The van der Waals surface area contributed by atoms with E-state index in [0.717, 1.165) is 19.6 Å². The number of hydrogen-bond acceptors (Lipinski definition) is 2. The summed E-state index contributed by atoms with van der Waals surface area (Å²) in [6.07, 6.45) is 0. The van der Waals surface area contributed by atoms with Gasteiger partial charge in [-0.15, -0.1) is 0 Å². The van der Waals surface area contributed by atoms with E-state index < -0.39 is 0 Å². The second-order valence-electron chi connectivity index (χ2n) is 4.79. The zero-order chi connectivity index (χ0) is 12.4. The molecule has 0 fully saturated rings. The second kappa shape index (κ2) is 4.73. The van der Waals surface area contributed by atoms with E-state index in [9.17, 15) is 0 Å². The molecular formula is C16H18N2. The SMILES string of the molecule is Cc1ccccc1CN1CCNc2ccccc21. The summed E-state index contributed by atoms with van der Waals surface area (Å²) in [5.74, 6) is 0. The fourth-order valence-electron chi connectivity index (χ4n) is 2.50. The average Bonchev–Trinajstić information content (AvgIpc) is 2.42. The highest BCUT2D eigenvalue weighted by Crippen LogP contribution is 2.29. The maximum Gasteiger partial charge on any atom is 0.0605 e. The van der Waals surface area contributed by atoms with Crippen molar-refractivity contribution in [1.29, 1.82) is 0 Å². The van der Waals surface area contributed by atoms with Crippen LogP contribution in [0.3, 0.4) is 0 Å². The predicted octanol–water partition coefficient (Wildman–Crippen LogP) is 3.43. The quantitative estimate of drug-likeness (QED) is 0.862. The van der Waals surface area contributed by atoms with Gasteiger partial charge in [-0.2, -0.15) is 0 Å². The zero-order valence-electron chi connectivity index (χ0n) is 10.7. The first-order valence-corrected chi connectivity index (χ1v) is 6.47. The minimum Gasteiger partial charge on any atom is -0.382 e. The molecule has 1 aliphatic rings. The molecule has 1 aliphatic heterocycles. The molecule has 2 nitrogen and oxygen atoms in total. The molecular weight excluding hydrogens is 220 g/mol. The van der Waals surface area contributed by atoms with Gasteiger partial charge >= 0.3 is 0 Å². The molecule has 1 heterocycles. The molecule has 3 rings (SSSR count). The Labute approximate surface area is 108 Å². The van der Waals surface area contributed by atoms with E-state index in [-0.39, 0.29) is 0 Å². The van der Waals surface area contributed by atoms with Crippen molar-refractivity contribution in [1.82, 2.24) is 0 Å². The molecule has 0 unspecified atom stereocenters. The number of benzene rings is 2. The Morgan fingerprint density at radius 3 is 2.72 bits per heavy atom. The van der Waals surface area contributed by atoms with Gasteiger partial charge in [0.2, 0.25) is 0 Å².